The molecule has 4 heteroatoms. The van der Waals surface area contributed by atoms with Crippen molar-refractivity contribution in [3.05, 3.63) is 69.7 Å². The minimum absolute atomic E-state index is 0.224. The number of likely N-dealkylation sites (tertiary alicyclic amines) is 1. The second-order valence-electron chi connectivity index (χ2n) is 7.34. The van der Waals surface area contributed by atoms with Gasteiger partial charge in [0.2, 0.25) is 5.91 Å². The maximum atomic E-state index is 13.2. The number of rotatable bonds is 5. The highest BCUT2D eigenvalue weighted by molar-refractivity contribution is 9.10. The Morgan fingerprint density at radius 1 is 1.04 bits per heavy atom. The Bertz CT molecular complexity index is 719. The van der Waals surface area contributed by atoms with Crippen LogP contribution < -0.4 is 0 Å². The summed E-state index contributed by atoms with van der Waals surface area (Å²) >= 11 is 3.46. The Balaban J connectivity index is 1.75. The number of carbonyl (C=O) groups is 1. The van der Waals surface area contributed by atoms with Crippen molar-refractivity contribution >= 4 is 21.8 Å². The molecular formula is C22H27BrN2O. The lowest BCUT2D eigenvalue weighted by atomic mass is 10.0. The van der Waals surface area contributed by atoms with E-state index in [1.54, 1.807) is 0 Å². The van der Waals surface area contributed by atoms with Crippen molar-refractivity contribution in [1.29, 1.82) is 0 Å². The van der Waals surface area contributed by atoms with E-state index in [-0.39, 0.29) is 5.91 Å². The number of halogens is 1. The van der Waals surface area contributed by atoms with Gasteiger partial charge in [-0.3, -0.25) is 4.79 Å². The number of nitrogens with zero attached hydrogens (tertiary/aromatic N) is 2. The summed E-state index contributed by atoms with van der Waals surface area (Å²) in [6.07, 6.45) is 2.56. The number of carbonyl (C=O) groups excluding carboxylic acids is 1. The van der Waals surface area contributed by atoms with Crippen molar-refractivity contribution in [2.45, 2.75) is 38.8 Å². The van der Waals surface area contributed by atoms with Crippen molar-refractivity contribution in [2.24, 2.45) is 0 Å². The van der Waals surface area contributed by atoms with Gasteiger partial charge >= 0.3 is 0 Å². The van der Waals surface area contributed by atoms with Crippen molar-refractivity contribution in [3.8, 4) is 0 Å². The fourth-order valence-corrected chi connectivity index (χ4v) is 3.76. The van der Waals surface area contributed by atoms with Gasteiger partial charge in [-0.2, -0.15) is 0 Å². The van der Waals surface area contributed by atoms with Crippen LogP contribution in [0.15, 0.2) is 53.0 Å². The summed E-state index contributed by atoms with van der Waals surface area (Å²) in [6.45, 7) is 4.91. The summed E-state index contributed by atoms with van der Waals surface area (Å²) in [7, 11) is 2.16. The van der Waals surface area contributed by atoms with E-state index < -0.39 is 0 Å². The second-order valence-corrected chi connectivity index (χ2v) is 8.26. The third-order valence-electron chi connectivity index (χ3n) is 5.19. The molecule has 0 spiro atoms. The average Bonchev–Trinajstić information content (AvgIpc) is 2.64. The smallest absolute Gasteiger partial charge is 0.227 e. The summed E-state index contributed by atoms with van der Waals surface area (Å²) in [6, 6.07) is 16.9. The molecule has 0 radical (unpaired) electrons. The normalized spacial score (nSPS) is 15.8. The molecule has 1 saturated heterocycles. The Labute approximate surface area is 165 Å². The Morgan fingerprint density at radius 2 is 1.62 bits per heavy atom. The molecule has 1 aliphatic heterocycles. The van der Waals surface area contributed by atoms with E-state index in [0.717, 1.165) is 36.0 Å². The molecule has 0 atom stereocenters. The minimum atomic E-state index is 0.224. The van der Waals surface area contributed by atoms with E-state index >= 15 is 0 Å². The molecular weight excluding hydrogens is 388 g/mol. The highest BCUT2D eigenvalue weighted by Crippen LogP contribution is 2.21. The third-order valence-corrected chi connectivity index (χ3v) is 5.72. The summed E-state index contributed by atoms with van der Waals surface area (Å²) in [4.78, 5) is 17.6. The molecule has 0 aliphatic carbocycles. The van der Waals surface area contributed by atoms with Crippen LogP contribution in [0.25, 0.3) is 0 Å². The highest BCUT2D eigenvalue weighted by atomic mass is 79.9. The third kappa shape index (κ3) is 5.18. The number of piperidine rings is 1. The zero-order valence-corrected chi connectivity index (χ0v) is 17.2. The molecule has 26 heavy (non-hydrogen) atoms. The molecule has 0 N–H and O–H groups in total. The van der Waals surface area contributed by atoms with E-state index in [0.29, 0.717) is 19.0 Å². The topological polar surface area (TPSA) is 23.6 Å². The van der Waals surface area contributed by atoms with Crippen LogP contribution in [0.2, 0.25) is 0 Å². The zero-order chi connectivity index (χ0) is 18.5. The van der Waals surface area contributed by atoms with E-state index in [9.17, 15) is 4.79 Å². The largest absolute Gasteiger partial charge is 0.335 e. The van der Waals surface area contributed by atoms with Gasteiger partial charge < -0.3 is 9.80 Å². The summed E-state index contributed by atoms with van der Waals surface area (Å²) in [5.74, 6) is 0.224. The van der Waals surface area contributed by atoms with Gasteiger partial charge in [-0.15, -0.1) is 0 Å². The Hall–Kier alpha value is -1.65. The Kier molecular flexibility index (Phi) is 6.49. The quantitative estimate of drug-likeness (QED) is 0.722. The number of hydrogen-bond acceptors (Lipinski definition) is 2. The first-order valence-electron chi connectivity index (χ1n) is 9.29. The predicted molar refractivity (Wildman–Crippen MR) is 110 cm³/mol. The lowest BCUT2D eigenvalue weighted by Gasteiger charge is -2.37. The SMILES string of the molecule is Cc1ccc(CN(C(=O)Cc2ccc(Br)cc2)C2CCN(C)CC2)cc1. The van der Waals surface area contributed by atoms with E-state index in [4.69, 9.17) is 0 Å². The lowest BCUT2D eigenvalue weighted by Crippen LogP contribution is -2.46. The predicted octanol–water partition coefficient (Wildman–Crippen LogP) is 4.42. The van der Waals surface area contributed by atoms with Crippen LogP contribution in [-0.4, -0.2) is 41.9 Å². The van der Waals surface area contributed by atoms with Gasteiger partial charge in [0.25, 0.3) is 0 Å². The molecule has 1 fully saturated rings. The Morgan fingerprint density at radius 3 is 2.23 bits per heavy atom. The van der Waals surface area contributed by atoms with Crippen molar-refractivity contribution in [2.75, 3.05) is 20.1 Å². The molecule has 0 aromatic heterocycles. The van der Waals surface area contributed by atoms with Crippen LogP contribution in [-0.2, 0) is 17.8 Å². The average molecular weight is 415 g/mol. The number of benzene rings is 2. The van der Waals surface area contributed by atoms with Crippen LogP contribution in [0.5, 0.6) is 0 Å². The molecule has 1 heterocycles. The molecule has 2 aromatic carbocycles. The minimum Gasteiger partial charge on any atom is -0.335 e. The molecule has 3 rings (SSSR count). The monoisotopic (exact) mass is 414 g/mol. The molecule has 1 amide bonds. The van der Waals surface area contributed by atoms with Crippen molar-refractivity contribution in [3.63, 3.8) is 0 Å². The van der Waals surface area contributed by atoms with Gasteiger partial charge in [0.15, 0.2) is 0 Å². The summed E-state index contributed by atoms with van der Waals surface area (Å²) in [5, 5.41) is 0. The van der Waals surface area contributed by atoms with Gasteiger partial charge in [0, 0.05) is 17.1 Å². The van der Waals surface area contributed by atoms with Crippen LogP contribution >= 0.6 is 15.9 Å². The van der Waals surface area contributed by atoms with Gasteiger partial charge in [0.05, 0.1) is 6.42 Å². The van der Waals surface area contributed by atoms with E-state index in [2.05, 4.69) is 64.0 Å². The highest BCUT2D eigenvalue weighted by Gasteiger charge is 2.27. The fraction of sp³-hybridized carbons (Fsp3) is 0.409. The van der Waals surface area contributed by atoms with Gasteiger partial charge in [-0.25, -0.2) is 0 Å². The maximum Gasteiger partial charge on any atom is 0.227 e. The molecule has 0 saturated carbocycles. The van der Waals surface area contributed by atoms with Gasteiger partial charge in [0.1, 0.15) is 0 Å². The van der Waals surface area contributed by atoms with Crippen molar-refractivity contribution < 1.29 is 4.79 Å². The van der Waals surface area contributed by atoms with E-state index in [1.807, 2.05) is 24.3 Å². The fourth-order valence-electron chi connectivity index (χ4n) is 3.50. The first kappa shape index (κ1) is 19.1. The van der Waals surface area contributed by atoms with Crippen LogP contribution in [0.4, 0.5) is 0 Å². The molecule has 1 aliphatic rings. The first-order chi connectivity index (χ1) is 12.5. The summed E-state index contributed by atoms with van der Waals surface area (Å²) < 4.78 is 1.04. The summed E-state index contributed by atoms with van der Waals surface area (Å²) in [5.41, 5.74) is 3.53. The van der Waals surface area contributed by atoms with Crippen LogP contribution in [0.3, 0.4) is 0 Å². The van der Waals surface area contributed by atoms with Crippen LogP contribution in [0.1, 0.15) is 29.5 Å². The lowest BCUT2D eigenvalue weighted by molar-refractivity contribution is -0.134. The van der Waals surface area contributed by atoms with Crippen molar-refractivity contribution in [1.82, 2.24) is 9.80 Å². The first-order valence-corrected chi connectivity index (χ1v) is 10.1. The van der Waals surface area contributed by atoms with Gasteiger partial charge in [-0.05, 0) is 63.2 Å². The second kappa shape index (κ2) is 8.83. The number of aryl methyl sites for hydroxylation is 1. The number of hydrogen-bond donors (Lipinski definition) is 0. The van der Waals surface area contributed by atoms with Crippen LogP contribution in [0, 0.1) is 6.92 Å². The standard InChI is InChI=1S/C22H27BrN2O/c1-17-3-5-19(6-4-17)16-25(21-11-13-24(2)14-12-21)22(26)15-18-7-9-20(23)10-8-18/h3-10,21H,11-16H2,1-2H3. The van der Waals surface area contributed by atoms with E-state index in [1.165, 1.54) is 11.1 Å². The number of amides is 1. The molecule has 138 valence electrons. The molecule has 0 bridgehead atoms. The molecule has 3 nitrogen and oxygen atoms in total. The molecule has 0 unspecified atom stereocenters. The maximum absolute atomic E-state index is 13.2. The zero-order valence-electron chi connectivity index (χ0n) is 15.6. The van der Waals surface area contributed by atoms with Gasteiger partial charge in [-0.1, -0.05) is 57.9 Å². The molecule has 2 aromatic rings.